The van der Waals surface area contributed by atoms with Gasteiger partial charge in [0.1, 0.15) is 10.9 Å². The molecule has 0 N–H and O–H groups in total. The van der Waals surface area contributed by atoms with Crippen LogP contribution in [-0.4, -0.2) is 57.2 Å². The maximum Gasteiger partial charge on any atom is 0.192 e. The smallest absolute Gasteiger partial charge is 0.192 e. The van der Waals surface area contributed by atoms with E-state index in [1.165, 1.54) is 4.90 Å². The number of thioether (sulfide) groups is 2. The molecule has 7 atom stereocenters. The van der Waals surface area contributed by atoms with Crippen LogP contribution in [0.2, 0.25) is 36.3 Å². The Hall–Kier alpha value is 0.194. The van der Waals surface area contributed by atoms with Gasteiger partial charge in [0.25, 0.3) is 0 Å². The first-order valence-electron chi connectivity index (χ1n) is 14.4. The summed E-state index contributed by atoms with van der Waals surface area (Å²) < 4.78 is 27.3. The van der Waals surface area contributed by atoms with Gasteiger partial charge in [-0.2, -0.15) is 0 Å². The second-order valence-electron chi connectivity index (χ2n) is 14.2. The molecule has 0 radical (unpaired) electrons. The normalized spacial score (nSPS) is 31.8. The van der Waals surface area contributed by atoms with Gasteiger partial charge in [-0.05, 0) is 75.1 Å². The number of rotatable bonds is 8. The van der Waals surface area contributed by atoms with Crippen LogP contribution in [0.25, 0.3) is 0 Å². The van der Waals surface area contributed by atoms with Crippen molar-refractivity contribution in [1.82, 2.24) is 0 Å². The Labute approximate surface area is 244 Å². The summed E-state index contributed by atoms with van der Waals surface area (Å²) in [6.07, 6.45) is 3.27. The molecular weight excluding hydrogens is 545 g/mol. The first-order chi connectivity index (χ1) is 17.4. The average Bonchev–Trinajstić information content (AvgIpc) is 2.77. The Morgan fingerprint density at radius 2 is 1.32 bits per heavy atom. The monoisotopic (exact) mass is 598 g/mol. The molecule has 0 aromatic heterocycles. The molecule has 0 amide bonds. The fourth-order valence-corrected chi connectivity index (χ4v) is 9.79. The van der Waals surface area contributed by atoms with Gasteiger partial charge in [-0.25, -0.2) is 0 Å². The lowest BCUT2D eigenvalue weighted by molar-refractivity contribution is -0.127. The van der Waals surface area contributed by atoms with E-state index in [0.717, 1.165) is 19.3 Å². The van der Waals surface area contributed by atoms with Crippen molar-refractivity contribution in [3.63, 3.8) is 0 Å². The van der Waals surface area contributed by atoms with Gasteiger partial charge >= 0.3 is 0 Å². The van der Waals surface area contributed by atoms with E-state index in [1.54, 1.807) is 0 Å². The van der Waals surface area contributed by atoms with Gasteiger partial charge in [0, 0.05) is 16.6 Å². The van der Waals surface area contributed by atoms with Crippen LogP contribution in [0, 0.1) is 0 Å². The van der Waals surface area contributed by atoms with Crippen LogP contribution < -0.4 is 0 Å². The number of hydrogen-bond donors (Lipinski definition) is 0. The minimum absolute atomic E-state index is 0.00802. The molecule has 38 heavy (non-hydrogen) atoms. The van der Waals surface area contributed by atoms with Crippen molar-refractivity contribution in [1.29, 1.82) is 0 Å². The minimum Gasteiger partial charge on any atom is -0.411 e. The zero-order valence-electron chi connectivity index (χ0n) is 26.0. The van der Waals surface area contributed by atoms with Crippen molar-refractivity contribution in [2.24, 2.45) is 0 Å². The van der Waals surface area contributed by atoms with E-state index in [2.05, 4.69) is 112 Å². The third-order valence-corrected chi connectivity index (χ3v) is 20.7. The molecule has 2 aliphatic heterocycles. The summed E-state index contributed by atoms with van der Waals surface area (Å²) in [6.45, 7) is 27.7. The van der Waals surface area contributed by atoms with Crippen LogP contribution in [0.15, 0.2) is 35.2 Å². The quantitative estimate of drug-likeness (QED) is 0.278. The molecule has 1 aromatic rings. The topological polar surface area (TPSA) is 36.9 Å². The summed E-state index contributed by atoms with van der Waals surface area (Å²) in [4.78, 5) is 1.28. The molecule has 2 fully saturated rings. The highest BCUT2D eigenvalue weighted by Crippen LogP contribution is 2.45. The zero-order chi connectivity index (χ0) is 28.5. The van der Waals surface area contributed by atoms with Gasteiger partial charge in [-0.15, -0.1) is 11.8 Å². The summed E-state index contributed by atoms with van der Waals surface area (Å²) in [7, 11) is -3.97. The first-order valence-corrected chi connectivity index (χ1v) is 22.1. The maximum atomic E-state index is 7.12. The Morgan fingerprint density at radius 1 is 0.763 bits per heavy atom. The molecule has 2 aliphatic rings. The van der Waals surface area contributed by atoms with Gasteiger partial charge in [0.2, 0.25) is 0 Å². The summed E-state index contributed by atoms with van der Waals surface area (Å²) in [5, 5.41) is 0.713. The second-order valence-corrected chi connectivity index (χ2v) is 26.4. The predicted molar refractivity (Wildman–Crippen MR) is 170 cm³/mol. The van der Waals surface area contributed by atoms with Crippen molar-refractivity contribution in [2.75, 3.05) is 0 Å². The van der Waals surface area contributed by atoms with Crippen molar-refractivity contribution in [3.8, 4) is 0 Å². The lowest BCUT2D eigenvalue weighted by Crippen LogP contribution is -2.58. The van der Waals surface area contributed by atoms with Crippen LogP contribution in [0.3, 0.4) is 0 Å². The third-order valence-electron chi connectivity index (χ3n) is 9.02. The summed E-state index contributed by atoms with van der Waals surface area (Å²) >= 11 is 3.80. The molecule has 4 nitrogen and oxygen atoms in total. The van der Waals surface area contributed by atoms with Crippen LogP contribution in [0.1, 0.15) is 74.7 Å². The lowest BCUT2D eigenvalue weighted by atomic mass is 10.0. The van der Waals surface area contributed by atoms with Crippen LogP contribution in [0.5, 0.6) is 0 Å². The van der Waals surface area contributed by atoms with Gasteiger partial charge in [-0.3, -0.25) is 0 Å². The molecule has 1 aromatic carbocycles. The molecule has 2 saturated heterocycles. The molecule has 0 spiro atoms. The zero-order valence-corrected chi connectivity index (χ0v) is 29.6. The fourth-order valence-electron chi connectivity index (χ4n) is 4.49. The molecule has 218 valence electrons. The molecule has 0 aliphatic carbocycles. The summed E-state index contributed by atoms with van der Waals surface area (Å²) in [5.41, 5.74) is 0.306. The van der Waals surface area contributed by atoms with Gasteiger partial charge in [0.05, 0.1) is 24.4 Å². The maximum absolute atomic E-state index is 7.12. The number of hydrogen-bond acceptors (Lipinski definition) is 6. The van der Waals surface area contributed by atoms with Crippen LogP contribution in [-0.2, 0) is 18.3 Å². The van der Waals surface area contributed by atoms with E-state index >= 15 is 0 Å². The largest absolute Gasteiger partial charge is 0.411 e. The lowest BCUT2D eigenvalue weighted by Gasteiger charge is -2.50. The van der Waals surface area contributed by atoms with Crippen LogP contribution >= 0.6 is 23.5 Å². The second kappa shape index (κ2) is 12.6. The Morgan fingerprint density at radius 3 is 1.87 bits per heavy atom. The van der Waals surface area contributed by atoms with Gasteiger partial charge < -0.3 is 18.3 Å². The highest BCUT2D eigenvalue weighted by Gasteiger charge is 2.49. The molecular formula is C30H54O4S2Si2. The van der Waals surface area contributed by atoms with Crippen molar-refractivity contribution in [2.45, 2.75) is 156 Å². The standard InChI is InChI=1S/C30H54O4S2Si2/c1-21-25(18-19-26(31-21)35-23-16-14-13-15-17-23)36-27-20-24(33-37(9,10)29(3,4)5)28(22(2)32-27)34-38(11,12)30(6,7)8/h13-17,21-22,24-28H,18-20H2,1-12H3. The van der Waals surface area contributed by atoms with Gasteiger partial charge in [-0.1, -0.05) is 71.5 Å². The van der Waals surface area contributed by atoms with E-state index in [-0.39, 0.29) is 45.4 Å². The van der Waals surface area contributed by atoms with E-state index in [0.29, 0.717) is 5.25 Å². The average molecular weight is 599 g/mol. The molecule has 0 bridgehead atoms. The van der Waals surface area contributed by atoms with E-state index < -0.39 is 16.6 Å². The molecule has 2 heterocycles. The van der Waals surface area contributed by atoms with E-state index in [1.807, 2.05) is 23.5 Å². The highest BCUT2D eigenvalue weighted by molar-refractivity contribution is 8.00. The highest BCUT2D eigenvalue weighted by atomic mass is 32.2. The fraction of sp³-hybridized carbons (Fsp3) is 0.800. The van der Waals surface area contributed by atoms with Gasteiger partial charge in [0.15, 0.2) is 16.6 Å². The molecule has 8 heteroatoms. The van der Waals surface area contributed by atoms with E-state index in [4.69, 9.17) is 18.3 Å². The van der Waals surface area contributed by atoms with E-state index in [9.17, 15) is 0 Å². The SMILES string of the molecule is CC1OC(Sc2ccccc2)CCC1SC1CC(O[Si](C)(C)C(C)(C)C)C(O[Si](C)(C)C(C)(C)C)C(C)O1. The van der Waals surface area contributed by atoms with Crippen molar-refractivity contribution >= 4 is 40.2 Å². The molecule has 0 saturated carbocycles. The summed E-state index contributed by atoms with van der Waals surface area (Å²) in [6, 6.07) is 10.6. The number of benzene rings is 1. The molecule has 7 unspecified atom stereocenters. The Kier molecular flexibility index (Phi) is 10.8. The minimum atomic E-state index is -1.99. The number of ether oxygens (including phenoxy) is 2. The predicted octanol–water partition coefficient (Wildman–Crippen LogP) is 9.32. The Bertz CT molecular complexity index is 884. The third kappa shape index (κ3) is 8.37. The first kappa shape index (κ1) is 32.7. The van der Waals surface area contributed by atoms with Crippen molar-refractivity contribution in [3.05, 3.63) is 30.3 Å². The van der Waals surface area contributed by atoms with Crippen molar-refractivity contribution < 1.29 is 18.3 Å². The van der Waals surface area contributed by atoms with Crippen LogP contribution in [0.4, 0.5) is 0 Å². The summed E-state index contributed by atoms with van der Waals surface area (Å²) in [5.74, 6) is 0. The molecule has 3 rings (SSSR count). The Balaban J connectivity index is 1.70.